The van der Waals surface area contributed by atoms with Gasteiger partial charge in [0, 0.05) is 42.4 Å². The maximum atomic E-state index is 11.6. The van der Waals surface area contributed by atoms with Gasteiger partial charge in [0.05, 0.1) is 37.5 Å². The van der Waals surface area contributed by atoms with Gasteiger partial charge in [0.2, 0.25) is 0 Å². The van der Waals surface area contributed by atoms with Crippen molar-refractivity contribution >= 4 is 16.9 Å². The first-order valence-corrected chi connectivity index (χ1v) is 11.9. The van der Waals surface area contributed by atoms with E-state index in [4.69, 9.17) is 14.2 Å². The molecule has 180 valence electrons. The quantitative estimate of drug-likeness (QED) is 0.554. The van der Waals surface area contributed by atoms with Crippen molar-refractivity contribution in [2.45, 2.75) is 51.5 Å². The molecule has 34 heavy (non-hydrogen) atoms. The zero-order valence-electron chi connectivity index (χ0n) is 20.0. The number of aryl methyl sites for hydroxylation is 1. The van der Waals surface area contributed by atoms with Crippen molar-refractivity contribution in [2.75, 3.05) is 26.9 Å². The standard InChI is InChI=1S/C27H32N2O5/c1-4-34-20-8-10-29(14-22-21-7-9-28-25(21)17(2)11-24(22)32-3)27(13-20)16-33-15-19-12-18(26(30)31)5-6-23(19)27/h5-7,9,11-12,20,28H,4,8,10,13-16H2,1-3H3,(H,30,31)/t20-,27+/m0/s1. The highest BCUT2D eigenvalue weighted by Gasteiger charge is 2.47. The van der Waals surface area contributed by atoms with Crippen molar-refractivity contribution in [3.63, 3.8) is 0 Å². The Labute approximate surface area is 199 Å². The van der Waals surface area contributed by atoms with Crippen molar-refractivity contribution in [1.82, 2.24) is 9.88 Å². The fourth-order valence-electron chi connectivity index (χ4n) is 5.84. The Kier molecular flexibility index (Phi) is 6.10. The molecule has 1 saturated heterocycles. The number of aromatic nitrogens is 1. The van der Waals surface area contributed by atoms with E-state index < -0.39 is 11.5 Å². The Bertz CT molecular complexity index is 1220. The summed E-state index contributed by atoms with van der Waals surface area (Å²) in [5.41, 5.74) is 5.39. The number of rotatable bonds is 6. The van der Waals surface area contributed by atoms with Crippen LogP contribution in [0.3, 0.4) is 0 Å². The SMILES string of the molecule is CCO[C@H]1CCN(Cc2c(OC)cc(C)c3[nH]ccc23)[C@@]2(COCc3cc(C(=O)O)ccc32)C1. The van der Waals surface area contributed by atoms with Crippen LogP contribution in [0.25, 0.3) is 10.9 Å². The lowest BCUT2D eigenvalue weighted by atomic mass is 9.75. The van der Waals surface area contributed by atoms with Gasteiger partial charge in [-0.05, 0) is 67.6 Å². The van der Waals surface area contributed by atoms with E-state index in [0.717, 1.165) is 58.3 Å². The zero-order valence-corrected chi connectivity index (χ0v) is 20.0. The minimum atomic E-state index is -0.922. The molecule has 0 unspecified atom stereocenters. The maximum absolute atomic E-state index is 11.6. The number of nitrogens with one attached hydrogen (secondary N) is 1. The third kappa shape index (κ3) is 3.78. The summed E-state index contributed by atoms with van der Waals surface area (Å²) in [4.78, 5) is 17.5. The molecule has 2 atom stereocenters. The lowest BCUT2D eigenvalue weighted by molar-refractivity contribution is -0.107. The Morgan fingerprint density at radius 1 is 1.32 bits per heavy atom. The van der Waals surface area contributed by atoms with E-state index in [0.29, 0.717) is 26.4 Å². The summed E-state index contributed by atoms with van der Waals surface area (Å²) >= 11 is 0. The Morgan fingerprint density at radius 3 is 2.94 bits per heavy atom. The topological polar surface area (TPSA) is 84.0 Å². The van der Waals surface area contributed by atoms with Crippen LogP contribution in [-0.4, -0.2) is 53.9 Å². The number of carboxylic acid groups (broad SMARTS) is 1. The molecule has 1 spiro atoms. The van der Waals surface area contributed by atoms with Crippen molar-refractivity contribution in [3.8, 4) is 5.75 Å². The molecule has 2 aliphatic heterocycles. The minimum Gasteiger partial charge on any atom is -0.496 e. The molecule has 7 nitrogen and oxygen atoms in total. The number of H-pyrrole nitrogens is 1. The first-order valence-electron chi connectivity index (χ1n) is 11.9. The van der Waals surface area contributed by atoms with Crippen molar-refractivity contribution in [1.29, 1.82) is 0 Å². The summed E-state index contributed by atoms with van der Waals surface area (Å²) < 4.78 is 18.1. The number of likely N-dealkylation sites (tertiary alicyclic amines) is 1. The maximum Gasteiger partial charge on any atom is 0.335 e. The van der Waals surface area contributed by atoms with Crippen LogP contribution in [0, 0.1) is 6.92 Å². The molecule has 2 aromatic carbocycles. The summed E-state index contributed by atoms with van der Waals surface area (Å²) in [7, 11) is 1.72. The second kappa shape index (κ2) is 9.06. The molecule has 5 rings (SSSR count). The number of piperidine rings is 1. The molecule has 0 saturated carbocycles. The van der Waals surface area contributed by atoms with E-state index >= 15 is 0 Å². The van der Waals surface area contributed by atoms with Crippen LogP contribution < -0.4 is 4.74 Å². The predicted octanol–water partition coefficient (Wildman–Crippen LogP) is 4.61. The van der Waals surface area contributed by atoms with E-state index in [1.165, 1.54) is 0 Å². The summed E-state index contributed by atoms with van der Waals surface area (Å²) in [6.45, 7) is 7.29. The van der Waals surface area contributed by atoms with Crippen LogP contribution in [0.2, 0.25) is 0 Å². The molecule has 0 amide bonds. The molecule has 1 aromatic heterocycles. The van der Waals surface area contributed by atoms with Gasteiger partial charge in [-0.1, -0.05) is 6.07 Å². The molecule has 1 fully saturated rings. The number of aromatic amines is 1. The second-order valence-corrected chi connectivity index (χ2v) is 9.33. The van der Waals surface area contributed by atoms with Crippen molar-refractivity contribution in [2.24, 2.45) is 0 Å². The van der Waals surface area contributed by atoms with Gasteiger partial charge in [-0.3, -0.25) is 4.90 Å². The molecule has 3 heterocycles. The van der Waals surface area contributed by atoms with Crippen LogP contribution in [0.4, 0.5) is 0 Å². The summed E-state index contributed by atoms with van der Waals surface area (Å²) in [6.07, 6.45) is 3.83. The molecule has 0 aliphatic carbocycles. The summed E-state index contributed by atoms with van der Waals surface area (Å²) in [6, 6.07) is 9.68. The highest BCUT2D eigenvalue weighted by Crippen LogP contribution is 2.45. The van der Waals surface area contributed by atoms with Gasteiger partial charge in [0.15, 0.2) is 0 Å². The minimum absolute atomic E-state index is 0.127. The molecule has 0 bridgehead atoms. The van der Waals surface area contributed by atoms with Crippen molar-refractivity contribution < 1.29 is 24.1 Å². The van der Waals surface area contributed by atoms with Crippen molar-refractivity contribution in [3.05, 3.63) is 64.3 Å². The number of nitrogens with zero attached hydrogens (tertiary/aromatic N) is 1. The largest absolute Gasteiger partial charge is 0.496 e. The third-order valence-corrected chi connectivity index (χ3v) is 7.43. The molecule has 2 N–H and O–H groups in total. The molecular formula is C27H32N2O5. The Balaban J connectivity index is 1.61. The number of benzene rings is 2. The number of carboxylic acids is 1. The van der Waals surface area contributed by atoms with Crippen LogP contribution in [0.1, 0.15) is 52.4 Å². The van der Waals surface area contributed by atoms with Gasteiger partial charge < -0.3 is 24.3 Å². The van der Waals surface area contributed by atoms with Crippen LogP contribution in [0.15, 0.2) is 36.5 Å². The number of methoxy groups -OCH3 is 1. The monoisotopic (exact) mass is 464 g/mol. The molecule has 2 aliphatic rings. The van der Waals surface area contributed by atoms with Gasteiger partial charge in [-0.25, -0.2) is 4.79 Å². The number of hydrogen-bond donors (Lipinski definition) is 2. The van der Waals surface area contributed by atoms with E-state index in [2.05, 4.69) is 28.9 Å². The fraction of sp³-hybridized carbons (Fsp3) is 0.444. The first kappa shape index (κ1) is 22.9. The van der Waals surface area contributed by atoms with Crippen LogP contribution >= 0.6 is 0 Å². The number of ether oxygens (including phenoxy) is 3. The molecule has 0 radical (unpaired) electrons. The highest BCUT2D eigenvalue weighted by molar-refractivity contribution is 5.88. The highest BCUT2D eigenvalue weighted by atomic mass is 16.5. The summed E-state index contributed by atoms with van der Waals surface area (Å²) in [5, 5.41) is 10.7. The number of hydrogen-bond acceptors (Lipinski definition) is 5. The van der Waals surface area contributed by atoms with Crippen LogP contribution in [-0.2, 0) is 28.2 Å². The van der Waals surface area contributed by atoms with E-state index in [9.17, 15) is 9.90 Å². The van der Waals surface area contributed by atoms with E-state index in [-0.39, 0.29) is 11.7 Å². The fourth-order valence-corrected chi connectivity index (χ4v) is 5.84. The second-order valence-electron chi connectivity index (χ2n) is 9.33. The third-order valence-electron chi connectivity index (χ3n) is 7.43. The Hall–Kier alpha value is -2.87. The Morgan fingerprint density at radius 2 is 2.18 bits per heavy atom. The van der Waals surface area contributed by atoms with E-state index in [1.807, 2.05) is 19.2 Å². The molecule has 3 aromatic rings. The number of fused-ring (bicyclic) bond motifs is 3. The number of carbonyl (C=O) groups is 1. The summed E-state index contributed by atoms with van der Waals surface area (Å²) in [5.74, 6) is -0.0424. The number of aromatic carboxylic acids is 1. The molecular weight excluding hydrogens is 432 g/mol. The average molecular weight is 465 g/mol. The van der Waals surface area contributed by atoms with Gasteiger partial charge >= 0.3 is 5.97 Å². The van der Waals surface area contributed by atoms with Gasteiger partial charge in [0.25, 0.3) is 0 Å². The van der Waals surface area contributed by atoms with Crippen LogP contribution in [0.5, 0.6) is 5.75 Å². The van der Waals surface area contributed by atoms with Gasteiger partial charge in [0.1, 0.15) is 5.75 Å². The van der Waals surface area contributed by atoms with Gasteiger partial charge in [-0.15, -0.1) is 0 Å². The van der Waals surface area contributed by atoms with Gasteiger partial charge in [-0.2, -0.15) is 0 Å². The first-order chi connectivity index (χ1) is 16.5. The predicted molar refractivity (Wildman–Crippen MR) is 129 cm³/mol. The lowest BCUT2D eigenvalue weighted by Crippen LogP contribution is -2.57. The molecule has 7 heteroatoms. The lowest BCUT2D eigenvalue weighted by Gasteiger charge is -2.52. The average Bonchev–Trinajstić information content (AvgIpc) is 3.33. The van der Waals surface area contributed by atoms with E-state index in [1.54, 1.807) is 19.2 Å². The zero-order chi connectivity index (χ0) is 23.9. The normalized spacial score (nSPS) is 22.7. The smallest absolute Gasteiger partial charge is 0.335 e.